The number of nitrogens with one attached hydrogen (secondary N) is 1. The van der Waals surface area contributed by atoms with E-state index in [4.69, 9.17) is 32.7 Å². The largest absolute Gasteiger partial charge is 0.454 e. The smallest absolute Gasteiger partial charge is 0.235 e. The minimum absolute atomic E-state index is 0.0689. The van der Waals surface area contributed by atoms with Gasteiger partial charge in [0.15, 0.2) is 11.5 Å². The van der Waals surface area contributed by atoms with E-state index in [1.165, 1.54) is 0 Å². The molecule has 0 atom stereocenters. The lowest BCUT2D eigenvalue weighted by molar-refractivity contribution is -0.118. The molecule has 23 heavy (non-hydrogen) atoms. The van der Waals surface area contributed by atoms with Crippen molar-refractivity contribution in [3.63, 3.8) is 0 Å². The summed E-state index contributed by atoms with van der Waals surface area (Å²) < 4.78 is 10.7. The maximum Gasteiger partial charge on any atom is 0.235 e. The molecular formula is C17H13Cl2NO3. The quantitative estimate of drug-likeness (QED) is 0.893. The summed E-state index contributed by atoms with van der Waals surface area (Å²) in [5.74, 6) is 1.33. The molecule has 1 aliphatic carbocycles. The maximum atomic E-state index is 12.8. The fraction of sp³-hybridized carbons (Fsp3) is 0.235. The number of fused-ring (bicyclic) bond motifs is 1. The van der Waals surface area contributed by atoms with Gasteiger partial charge in [0.25, 0.3) is 0 Å². The average Bonchev–Trinajstić information content (AvgIpc) is 3.21. The number of rotatable bonds is 3. The van der Waals surface area contributed by atoms with Crippen molar-refractivity contribution in [2.24, 2.45) is 0 Å². The fourth-order valence-electron chi connectivity index (χ4n) is 2.80. The Bertz CT molecular complexity index is 802. The van der Waals surface area contributed by atoms with E-state index in [0.717, 1.165) is 18.4 Å². The van der Waals surface area contributed by atoms with Crippen molar-refractivity contribution in [3.05, 3.63) is 52.0 Å². The normalized spacial score (nSPS) is 17.0. The summed E-state index contributed by atoms with van der Waals surface area (Å²) in [6.07, 6.45) is 1.59. The van der Waals surface area contributed by atoms with Crippen molar-refractivity contribution in [3.8, 4) is 11.5 Å². The number of ether oxygens (including phenoxy) is 2. The third kappa shape index (κ3) is 2.52. The van der Waals surface area contributed by atoms with Crippen molar-refractivity contribution in [2.75, 3.05) is 12.1 Å². The molecule has 0 spiro atoms. The standard InChI is InChI=1S/C17H13Cl2NO3/c18-11-2-3-13(12(19)8-11)20-16(21)17(5-6-17)10-1-4-14-15(7-10)23-9-22-14/h1-4,7-8H,5-6,9H2,(H,20,21). The predicted octanol–water partition coefficient (Wildman–Crippen LogP) is 4.39. The molecule has 1 fully saturated rings. The summed E-state index contributed by atoms with van der Waals surface area (Å²) in [5.41, 5.74) is 0.974. The summed E-state index contributed by atoms with van der Waals surface area (Å²) in [6, 6.07) is 10.7. The monoisotopic (exact) mass is 349 g/mol. The van der Waals surface area contributed by atoms with Gasteiger partial charge in [-0.25, -0.2) is 0 Å². The highest BCUT2D eigenvalue weighted by atomic mass is 35.5. The van der Waals surface area contributed by atoms with Crippen molar-refractivity contribution >= 4 is 34.8 Å². The maximum absolute atomic E-state index is 12.8. The van der Waals surface area contributed by atoms with Gasteiger partial charge in [-0.05, 0) is 48.7 Å². The molecule has 4 rings (SSSR count). The van der Waals surface area contributed by atoms with Crippen LogP contribution in [0.4, 0.5) is 5.69 Å². The first-order chi connectivity index (χ1) is 11.1. The van der Waals surface area contributed by atoms with E-state index in [0.29, 0.717) is 27.2 Å². The van der Waals surface area contributed by atoms with E-state index >= 15 is 0 Å². The van der Waals surface area contributed by atoms with E-state index < -0.39 is 5.41 Å². The Labute approximate surface area is 143 Å². The summed E-state index contributed by atoms with van der Waals surface area (Å²) in [5, 5.41) is 3.86. The number of carbonyl (C=O) groups is 1. The van der Waals surface area contributed by atoms with Crippen LogP contribution in [0.1, 0.15) is 18.4 Å². The fourth-order valence-corrected chi connectivity index (χ4v) is 3.25. The van der Waals surface area contributed by atoms with Gasteiger partial charge in [0.1, 0.15) is 0 Å². The van der Waals surface area contributed by atoms with Crippen molar-refractivity contribution < 1.29 is 14.3 Å². The molecule has 4 nitrogen and oxygen atoms in total. The van der Waals surface area contributed by atoms with Crippen LogP contribution in [0.2, 0.25) is 10.0 Å². The molecule has 0 saturated heterocycles. The molecule has 1 heterocycles. The molecular weight excluding hydrogens is 337 g/mol. The first kappa shape index (κ1) is 14.7. The second kappa shape index (κ2) is 5.32. The molecule has 1 saturated carbocycles. The van der Waals surface area contributed by atoms with Crippen LogP contribution in [0, 0.1) is 0 Å². The summed E-state index contributed by atoms with van der Waals surface area (Å²) >= 11 is 12.0. The number of anilines is 1. The highest BCUT2D eigenvalue weighted by Gasteiger charge is 2.51. The molecule has 0 radical (unpaired) electrons. The summed E-state index contributed by atoms with van der Waals surface area (Å²) in [7, 11) is 0. The minimum atomic E-state index is -0.524. The van der Waals surface area contributed by atoms with E-state index in [1.807, 2.05) is 18.2 Å². The van der Waals surface area contributed by atoms with E-state index in [1.54, 1.807) is 18.2 Å². The first-order valence-electron chi connectivity index (χ1n) is 7.25. The van der Waals surface area contributed by atoms with Crippen molar-refractivity contribution in [1.29, 1.82) is 0 Å². The van der Waals surface area contributed by atoms with Gasteiger partial charge in [0, 0.05) is 5.02 Å². The Balaban J connectivity index is 1.60. The molecule has 0 unspecified atom stereocenters. The number of hydrogen-bond donors (Lipinski definition) is 1. The summed E-state index contributed by atoms with van der Waals surface area (Å²) in [6.45, 7) is 0.221. The number of halogens is 2. The summed E-state index contributed by atoms with van der Waals surface area (Å²) in [4.78, 5) is 12.8. The molecule has 6 heteroatoms. The van der Waals surface area contributed by atoms with Gasteiger partial charge in [-0.15, -0.1) is 0 Å². The zero-order chi connectivity index (χ0) is 16.0. The molecule has 0 aromatic heterocycles. The Morgan fingerprint density at radius 2 is 1.83 bits per heavy atom. The topological polar surface area (TPSA) is 47.6 Å². The third-order valence-electron chi connectivity index (χ3n) is 4.29. The average molecular weight is 350 g/mol. The Kier molecular flexibility index (Phi) is 3.39. The van der Waals surface area contributed by atoms with Crippen molar-refractivity contribution in [1.82, 2.24) is 0 Å². The lowest BCUT2D eigenvalue weighted by Crippen LogP contribution is -2.27. The molecule has 2 aromatic carbocycles. The molecule has 2 aromatic rings. The highest BCUT2D eigenvalue weighted by Crippen LogP contribution is 2.51. The van der Waals surface area contributed by atoms with Gasteiger partial charge in [0.05, 0.1) is 16.1 Å². The number of hydrogen-bond acceptors (Lipinski definition) is 3. The second-order valence-electron chi connectivity index (χ2n) is 5.73. The van der Waals surface area contributed by atoms with Crippen LogP contribution in [-0.2, 0) is 10.2 Å². The SMILES string of the molecule is O=C(Nc1ccc(Cl)cc1Cl)C1(c2ccc3c(c2)OCO3)CC1. The van der Waals surface area contributed by atoms with Gasteiger partial charge in [-0.1, -0.05) is 29.3 Å². The lowest BCUT2D eigenvalue weighted by atomic mass is 9.94. The molecule has 1 amide bonds. The van der Waals surface area contributed by atoms with Gasteiger partial charge >= 0.3 is 0 Å². The van der Waals surface area contributed by atoms with E-state index in [9.17, 15) is 4.79 Å². The number of carbonyl (C=O) groups excluding carboxylic acids is 1. The van der Waals surface area contributed by atoms with E-state index in [2.05, 4.69) is 5.32 Å². The van der Waals surface area contributed by atoms with Crippen LogP contribution < -0.4 is 14.8 Å². The Morgan fingerprint density at radius 1 is 1.04 bits per heavy atom. The number of benzene rings is 2. The van der Waals surface area contributed by atoms with Crippen LogP contribution in [0.5, 0.6) is 11.5 Å². The Morgan fingerprint density at radius 3 is 2.57 bits per heavy atom. The molecule has 0 bridgehead atoms. The zero-order valence-corrected chi connectivity index (χ0v) is 13.6. The van der Waals surface area contributed by atoms with Gasteiger partial charge in [-0.2, -0.15) is 0 Å². The number of amides is 1. The molecule has 1 aliphatic heterocycles. The van der Waals surface area contributed by atoms with Crippen LogP contribution in [-0.4, -0.2) is 12.7 Å². The minimum Gasteiger partial charge on any atom is -0.454 e. The predicted molar refractivity (Wildman–Crippen MR) is 88.6 cm³/mol. The molecule has 2 aliphatic rings. The second-order valence-corrected chi connectivity index (χ2v) is 6.57. The van der Waals surface area contributed by atoms with Gasteiger partial charge < -0.3 is 14.8 Å². The van der Waals surface area contributed by atoms with E-state index in [-0.39, 0.29) is 12.7 Å². The third-order valence-corrected chi connectivity index (χ3v) is 4.84. The zero-order valence-electron chi connectivity index (χ0n) is 12.1. The molecule has 118 valence electrons. The molecule has 1 N–H and O–H groups in total. The highest BCUT2D eigenvalue weighted by molar-refractivity contribution is 6.36. The van der Waals surface area contributed by atoms with Gasteiger partial charge in [0.2, 0.25) is 12.7 Å². The van der Waals surface area contributed by atoms with Gasteiger partial charge in [-0.3, -0.25) is 4.79 Å². The van der Waals surface area contributed by atoms with Crippen molar-refractivity contribution in [2.45, 2.75) is 18.3 Å². The Hall–Kier alpha value is -1.91. The van der Waals surface area contributed by atoms with Crippen LogP contribution in [0.15, 0.2) is 36.4 Å². The van der Waals surface area contributed by atoms with Crippen LogP contribution >= 0.6 is 23.2 Å². The van der Waals surface area contributed by atoms with Crippen LogP contribution in [0.3, 0.4) is 0 Å². The first-order valence-corrected chi connectivity index (χ1v) is 8.01. The lowest BCUT2D eigenvalue weighted by Gasteiger charge is -2.17. The van der Waals surface area contributed by atoms with Crippen LogP contribution in [0.25, 0.3) is 0 Å².